The lowest BCUT2D eigenvalue weighted by Crippen LogP contribution is -1.85. The van der Waals surface area contributed by atoms with Crippen LogP contribution in [0, 0.1) is 0 Å². The molecule has 0 unspecified atom stereocenters. The summed E-state index contributed by atoms with van der Waals surface area (Å²) in [5.41, 5.74) is 3.90. The van der Waals surface area contributed by atoms with Crippen molar-refractivity contribution >= 4 is 0 Å². The molecule has 0 spiro atoms. The third-order valence-electron chi connectivity index (χ3n) is 3.05. The number of hydrogen-bond donors (Lipinski definition) is 1. The highest BCUT2D eigenvalue weighted by molar-refractivity contribution is 5.15. The molecule has 0 aliphatic rings. The Hall–Kier alpha value is -1.34. The number of rotatable bonds is 7. The number of hydrogen-bond acceptors (Lipinski definition) is 1. The lowest BCUT2D eigenvalue weighted by atomic mass is 10.1. The molecule has 98 valence electrons. The van der Waals surface area contributed by atoms with Crippen molar-refractivity contribution in [2.75, 3.05) is 6.61 Å². The Bertz CT molecular complexity index is 387. The molecule has 0 fully saturated rings. The van der Waals surface area contributed by atoms with Crippen LogP contribution in [0.5, 0.6) is 0 Å². The standard InChI is InChI=1S/C17H24O/c1-15(8-6-10-16(2)14-18)9-7-13-17-11-4-3-5-12-17/h3-5,9-12,18H,6-8,13-14H2,1-2H3/b15-9+,16-10+. The van der Waals surface area contributed by atoms with Crippen LogP contribution in [0.3, 0.4) is 0 Å². The number of aliphatic hydroxyl groups is 1. The van der Waals surface area contributed by atoms with Gasteiger partial charge >= 0.3 is 0 Å². The largest absolute Gasteiger partial charge is 0.392 e. The summed E-state index contributed by atoms with van der Waals surface area (Å²) in [5.74, 6) is 0. The number of aryl methyl sites for hydroxylation is 1. The molecule has 0 heterocycles. The second-order valence-electron chi connectivity index (χ2n) is 4.82. The van der Waals surface area contributed by atoms with Gasteiger partial charge in [-0.25, -0.2) is 0 Å². The third kappa shape index (κ3) is 6.41. The Morgan fingerprint density at radius 3 is 2.33 bits per heavy atom. The van der Waals surface area contributed by atoms with Gasteiger partial charge in [0.1, 0.15) is 0 Å². The zero-order valence-corrected chi connectivity index (χ0v) is 11.5. The van der Waals surface area contributed by atoms with Gasteiger partial charge in [-0.15, -0.1) is 0 Å². The van der Waals surface area contributed by atoms with E-state index < -0.39 is 0 Å². The second-order valence-corrected chi connectivity index (χ2v) is 4.82. The van der Waals surface area contributed by atoms with Crippen LogP contribution >= 0.6 is 0 Å². The van der Waals surface area contributed by atoms with Crippen LogP contribution in [0.2, 0.25) is 0 Å². The van der Waals surface area contributed by atoms with E-state index in [-0.39, 0.29) is 6.61 Å². The van der Waals surface area contributed by atoms with Gasteiger partial charge in [0.05, 0.1) is 6.61 Å². The predicted octanol–water partition coefficient (Wildman–Crippen LogP) is 4.28. The van der Waals surface area contributed by atoms with Gasteiger partial charge in [-0.05, 0) is 45.1 Å². The highest BCUT2D eigenvalue weighted by Crippen LogP contribution is 2.10. The summed E-state index contributed by atoms with van der Waals surface area (Å²) in [6.45, 7) is 4.33. The SMILES string of the molecule is C/C(=C\CC/C(C)=C/CCc1ccccc1)CO. The lowest BCUT2D eigenvalue weighted by Gasteiger charge is -2.01. The Balaban J connectivity index is 2.26. The van der Waals surface area contributed by atoms with E-state index in [1.165, 1.54) is 11.1 Å². The molecule has 1 aromatic rings. The maximum absolute atomic E-state index is 8.88. The van der Waals surface area contributed by atoms with Gasteiger partial charge in [0.2, 0.25) is 0 Å². The second kappa shape index (κ2) is 8.71. The fraction of sp³-hybridized carbons (Fsp3) is 0.412. The first-order valence-electron chi connectivity index (χ1n) is 6.68. The summed E-state index contributed by atoms with van der Waals surface area (Å²) in [5, 5.41) is 8.88. The lowest BCUT2D eigenvalue weighted by molar-refractivity contribution is 0.331. The zero-order chi connectivity index (χ0) is 13.2. The summed E-state index contributed by atoms with van der Waals surface area (Å²) in [4.78, 5) is 0. The highest BCUT2D eigenvalue weighted by Gasteiger charge is 1.92. The Kier molecular flexibility index (Phi) is 7.12. The van der Waals surface area contributed by atoms with Gasteiger partial charge in [0, 0.05) is 0 Å². The van der Waals surface area contributed by atoms with E-state index in [4.69, 9.17) is 5.11 Å². The van der Waals surface area contributed by atoms with Crippen LogP contribution in [0.1, 0.15) is 38.7 Å². The van der Waals surface area contributed by atoms with Crippen molar-refractivity contribution < 1.29 is 5.11 Å². The smallest absolute Gasteiger partial charge is 0.0639 e. The number of allylic oxidation sites excluding steroid dienone is 3. The molecule has 0 bridgehead atoms. The molecule has 1 aromatic carbocycles. The van der Waals surface area contributed by atoms with Crippen molar-refractivity contribution in [3.63, 3.8) is 0 Å². The molecule has 1 rings (SSSR count). The molecule has 0 saturated carbocycles. The first-order chi connectivity index (χ1) is 8.72. The molecule has 0 atom stereocenters. The molecule has 0 amide bonds. The summed E-state index contributed by atoms with van der Waals surface area (Å²) in [7, 11) is 0. The van der Waals surface area contributed by atoms with Gasteiger partial charge in [-0.3, -0.25) is 0 Å². The van der Waals surface area contributed by atoms with Gasteiger partial charge in [0.25, 0.3) is 0 Å². The first kappa shape index (κ1) is 14.7. The average molecular weight is 244 g/mol. The first-order valence-corrected chi connectivity index (χ1v) is 6.68. The van der Waals surface area contributed by atoms with Crippen LogP contribution in [0.25, 0.3) is 0 Å². The summed E-state index contributed by atoms with van der Waals surface area (Å²) in [6.07, 6.45) is 8.79. The third-order valence-corrected chi connectivity index (χ3v) is 3.05. The minimum Gasteiger partial charge on any atom is -0.392 e. The molecule has 0 aromatic heterocycles. The van der Waals surface area contributed by atoms with Crippen LogP contribution in [-0.4, -0.2) is 11.7 Å². The minimum absolute atomic E-state index is 0.177. The molecule has 1 nitrogen and oxygen atoms in total. The van der Waals surface area contributed by atoms with Crippen molar-refractivity contribution in [3.05, 3.63) is 59.2 Å². The molecule has 0 aliphatic carbocycles. The summed E-state index contributed by atoms with van der Waals surface area (Å²) >= 11 is 0. The quantitative estimate of drug-likeness (QED) is 0.710. The van der Waals surface area contributed by atoms with E-state index in [9.17, 15) is 0 Å². The van der Waals surface area contributed by atoms with E-state index in [2.05, 4.69) is 49.4 Å². The molecule has 0 aliphatic heterocycles. The molecule has 1 heteroatoms. The minimum atomic E-state index is 0.177. The Morgan fingerprint density at radius 1 is 1.00 bits per heavy atom. The van der Waals surface area contributed by atoms with Crippen LogP contribution in [0.4, 0.5) is 0 Å². The molecular weight excluding hydrogens is 220 g/mol. The van der Waals surface area contributed by atoms with Crippen LogP contribution in [0.15, 0.2) is 53.6 Å². The molecule has 0 radical (unpaired) electrons. The average Bonchev–Trinajstić information content (AvgIpc) is 2.39. The summed E-state index contributed by atoms with van der Waals surface area (Å²) < 4.78 is 0. The van der Waals surface area contributed by atoms with E-state index in [1.807, 2.05) is 6.92 Å². The van der Waals surface area contributed by atoms with Crippen molar-refractivity contribution in [1.82, 2.24) is 0 Å². The van der Waals surface area contributed by atoms with Crippen LogP contribution < -0.4 is 0 Å². The maximum atomic E-state index is 8.88. The fourth-order valence-corrected chi connectivity index (χ4v) is 1.84. The van der Waals surface area contributed by atoms with Gasteiger partial charge in [0.15, 0.2) is 0 Å². The summed E-state index contributed by atoms with van der Waals surface area (Å²) in [6, 6.07) is 10.6. The number of aliphatic hydroxyl groups excluding tert-OH is 1. The zero-order valence-electron chi connectivity index (χ0n) is 11.5. The van der Waals surface area contributed by atoms with Gasteiger partial charge in [-0.1, -0.05) is 53.6 Å². The highest BCUT2D eigenvalue weighted by atomic mass is 16.3. The molecule has 0 saturated heterocycles. The van der Waals surface area contributed by atoms with E-state index in [0.717, 1.165) is 31.3 Å². The Morgan fingerprint density at radius 2 is 1.67 bits per heavy atom. The van der Waals surface area contributed by atoms with Gasteiger partial charge < -0.3 is 5.11 Å². The normalized spacial score (nSPS) is 12.8. The Labute approximate surface area is 111 Å². The van der Waals surface area contributed by atoms with Crippen molar-refractivity contribution in [1.29, 1.82) is 0 Å². The maximum Gasteiger partial charge on any atom is 0.0639 e. The predicted molar refractivity (Wildman–Crippen MR) is 78.6 cm³/mol. The van der Waals surface area contributed by atoms with E-state index >= 15 is 0 Å². The van der Waals surface area contributed by atoms with Crippen molar-refractivity contribution in [2.45, 2.75) is 39.5 Å². The topological polar surface area (TPSA) is 20.2 Å². The monoisotopic (exact) mass is 244 g/mol. The van der Waals surface area contributed by atoms with Crippen LogP contribution in [-0.2, 0) is 6.42 Å². The van der Waals surface area contributed by atoms with E-state index in [0.29, 0.717) is 0 Å². The van der Waals surface area contributed by atoms with Crippen molar-refractivity contribution in [2.24, 2.45) is 0 Å². The van der Waals surface area contributed by atoms with Gasteiger partial charge in [-0.2, -0.15) is 0 Å². The molecular formula is C17H24O. The molecule has 18 heavy (non-hydrogen) atoms. The fourth-order valence-electron chi connectivity index (χ4n) is 1.84. The number of benzene rings is 1. The molecule has 1 N–H and O–H groups in total. The van der Waals surface area contributed by atoms with E-state index in [1.54, 1.807) is 0 Å². The van der Waals surface area contributed by atoms with Crippen molar-refractivity contribution in [3.8, 4) is 0 Å².